The van der Waals surface area contributed by atoms with E-state index in [9.17, 15) is 14.0 Å². The first-order chi connectivity index (χ1) is 13.0. The SMILES string of the molecule is Cn1ncc2c1CC(NC(=O)NCc1cc3ccc(F)cc3[nH]c1=O)CC2. The molecule has 2 aromatic heterocycles. The molecule has 2 amide bonds. The summed E-state index contributed by atoms with van der Waals surface area (Å²) in [5.41, 5.74) is 2.88. The molecule has 4 rings (SSSR count). The molecule has 1 atom stereocenters. The third-order valence-corrected chi connectivity index (χ3v) is 5.01. The van der Waals surface area contributed by atoms with E-state index in [1.54, 1.807) is 12.1 Å². The van der Waals surface area contributed by atoms with Gasteiger partial charge in [-0.25, -0.2) is 9.18 Å². The first-order valence-corrected chi connectivity index (χ1v) is 8.85. The van der Waals surface area contributed by atoms with E-state index < -0.39 is 5.82 Å². The molecule has 1 aliphatic rings. The van der Waals surface area contributed by atoms with Gasteiger partial charge in [-0.1, -0.05) is 0 Å². The fraction of sp³-hybridized carbons (Fsp3) is 0.316. The maximum atomic E-state index is 13.2. The van der Waals surface area contributed by atoms with Gasteiger partial charge in [0, 0.05) is 37.3 Å². The zero-order valence-electron chi connectivity index (χ0n) is 14.9. The standard InChI is InChI=1S/C19H20FN5O2/c1-25-17-8-15(5-3-12(17)10-22-25)23-19(27)21-9-13-6-11-2-4-14(20)7-16(11)24-18(13)26/h2,4,6-7,10,15H,3,5,8-9H2,1H3,(H,24,26)(H2,21,23,27). The molecule has 7 nitrogen and oxygen atoms in total. The largest absolute Gasteiger partial charge is 0.335 e. The molecule has 0 bridgehead atoms. The maximum Gasteiger partial charge on any atom is 0.315 e. The van der Waals surface area contributed by atoms with Gasteiger partial charge in [0.1, 0.15) is 5.82 Å². The van der Waals surface area contributed by atoms with Crippen molar-refractivity contribution in [2.24, 2.45) is 7.05 Å². The Morgan fingerprint density at radius 3 is 3.11 bits per heavy atom. The normalized spacial score (nSPS) is 16.1. The summed E-state index contributed by atoms with van der Waals surface area (Å²) in [5.74, 6) is -0.410. The van der Waals surface area contributed by atoms with Gasteiger partial charge in [-0.3, -0.25) is 9.48 Å². The summed E-state index contributed by atoms with van der Waals surface area (Å²) in [6.45, 7) is 0.0954. The number of aromatic amines is 1. The predicted octanol–water partition coefficient (Wildman–Crippen LogP) is 1.76. The predicted molar refractivity (Wildman–Crippen MR) is 98.9 cm³/mol. The number of aryl methyl sites for hydroxylation is 2. The fourth-order valence-corrected chi connectivity index (χ4v) is 3.53. The van der Waals surface area contributed by atoms with E-state index in [1.165, 1.54) is 17.7 Å². The number of H-pyrrole nitrogens is 1. The average Bonchev–Trinajstić information content (AvgIpc) is 3.00. The lowest BCUT2D eigenvalue weighted by Crippen LogP contribution is -2.44. The van der Waals surface area contributed by atoms with Crippen LogP contribution in [0.25, 0.3) is 10.9 Å². The number of aromatic nitrogens is 3. The molecule has 0 spiro atoms. The Hall–Kier alpha value is -3.16. The number of carbonyl (C=O) groups is 1. The monoisotopic (exact) mass is 369 g/mol. The van der Waals surface area contributed by atoms with Crippen molar-refractivity contribution in [2.45, 2.75) is 31.8 Å². The number of hydrogen-bond acceptors (Lipinski definition) is 3. The Morgan fingerprint density at radius 1 is 1.41 bits per heavy atom. The van der Waals surface area contributed by atoms with E-state index in [4.69, 9.17) is 0 Å². The number of nitrogens with one attached hydrogen (secondary N) is 3. The molecule has 1 aliphatic carbocycles. The zero-order chi connectivity index (χ0) is 19.0. The molecule has 0 radical (unpaired) electrons. The molecule has 3 N–H and O–H groups in total. The van der Waals surface area contributed by atoms with Crippen LogP contribution in [0.3, 0.4) is 0 Å². The van der Waals surface area contributed by atoms with Crippen LogP contribution in [0.1, 0.15) is 23.2 Å². The molecular formula is C19H20FN5O2. The van der Waals surface area contributed by atoms with Gasteiger partial charge in [-0.05, 0) is 48.1 Å². The molecule has 27 heavy (non-hydrogen) atoms. The van der Waals surface area contributed by atoms with Crippen LogP contribution < -0.4 is 16.2 Å². The van der Waals surface area contributed by atoms with Crippen LogP contribution in [-0.4, -0.2) is 26.8 Å². The zero-order valence-corrected chi connectivity index (χ0v) is 14.9. The van der Waals surface area contributed by atoms with Crippen molar-refractivity contribution < 1.29 is 9.18 Å². The molecule has 1 unspecified atom stereocenters. The van der Waals surface area contributed by atoms with Gasteiger partial charge < -0.3 is 15.6 Å². The number of carbonyl (C=O) groups excluding carboxylic acids is 1. The number of halogens is 1. The number of hydrogen-bond donors (Lipinski definition) is 3. The van der Waals surface area contributed by atoms with E-state index in [0.717, 1.165) is 25.0 Å². The Balaban J connectivity index is 1.39. The van der Waals surface area contributed by atoms with Crippen LogP contribution in [0.15, 0.2) is 35.3 Å². The summed E-state index contributed by atoms with van der Waals surface area (Å²) >= 11 is 0. The van der Waals surface area contributed by atoms with Crippen LogP contribution in [0, 0.1) is 5.82 Å². The Kier molecular flexibility index (Phi) is 4.39. The minimum absolute atomic E-state index is 0.0331. The minimum atomic E-state index is -0.410. The highest BCUT2D eigenvalue weighted by atomic mass is 19.1. The number of nitrogens with zero attached hydrogens (tertiary/aromatic N) is 2. The fourth-order valence-electron chi connectivity index (χ4n) is 3.53. The first kappa shape index (κ1) is 17.3. The lowest BCUT2D eigenvalue weighted by molar-refractivity contribution is 0.235. The summed E-state index contributed by atoms with van der Waals surface area (Å²) in [4.78, 5) is 27.0. The highest BCUT2D eigenvalue weighted by Gasteiger charge is 2.23. The summed E-state index contributed by atoms with van der Waals surface area (Å²) in [6.07, 6.45) is 4.36. The third-order valence-electron chi connectivity index (χ3n) is 5.01. The van der Waals surface area contributed by atoms with E-state index in [-0.39, 0.29) is 24.2 Å². The Labute approximate surface area is 154 Å². The van der Waals surface area contributed by atoms with Crippen LogP contribution >= 0.6 is 0 Å². The first-order valence-electron chi connectivity index (χ1n) is 8.85. The molecule has 140 valence electrons. The third kappa shape index (κ3) is 3.55. The summed E-state index contributed by atoms with van der Waals surface area (Å²) in [5, 5.41) is 10.7. The highest BCUT2D eigenvalue weighted by molar-refractivity contribution is 5.79. The quantitative estimate of drug-likeness (QED) is 0.657. The highest BCUT2D eigenvalue weighted by Crippen LogP contribution is 2.20. The second kappa shape index (κ2) is 6.86. The van der Waals surface area contributed by atoms with Crippen LogP contribution in [-0.2, 0) is 26.4 Å². The number of fused-ring (bicyclic) bond motifs is 2. The van der Waals surface area contributed by atoms with Crippen molar-refractivity contribution in [3.8, 4) is 0 Å². The van der Waals surface area contributed by atoms with E-state index in [1.807, 2.05) is 17.9 Å². The van der Waals surface area contributed by atoms with Gasteiger partial charge in [-0.2, -0.15) is 5.10 Å². The van der Waals surface area contributed by atoms with E-state index in [0.29, 0.717) is 16.5 Å². The lowest BCUT2D eigenvalue weighted by atomic mass is 9.94. The molecule has 8 heteroatoms. The van der Waals surface area contributed by atoms with Crippen LogP contribution in [0.5, 0.6) is 0 Å². The molecule has 0 saturated heterocycles. The second-order valence-electron chi connectivity index (χ2n) is 6.86. The molecule has 0 aliphatic heterocycles. The van der Waals surface area contributed by atoms with Gasteiger partial charge >= 0.3 is 6.03 Å². The van der Waals surface area contributed by atoms with Crippen molar-refractivity contribution in [3.05, 3.63) is 63.5 Å². The molecule has 2 heterocycles. The van der Waals surface area contributed by atoms with Crippen molar-refractivity contribution in [2.75, 3.05) is 0 Å². The Morgan fingerprint density at radius 2 is 2.26 bits per heavy atom. The van der Waals surface area contributed by atoms with Crippen molar-refractivity contribution >= 4 is 16.9 Å². The number of urea groups is 1. The van der Waals surface area contributed by atoms with Crippen LogP contribution in [0.2, 0.25) is 0 Å². The number of rotatable bonds is 3. The van der Waals surface area contributed by atoms with Crippen molar-refractivity contribution in [3.63, 3.8) is 0 Å². The van der Waals surface area contributed by atoms with Gasteiger partial charge in [0.2, 0.25) is 0 Å². The van der Waals surface area contributed by atoms with Gasteiger partial charge in [0.05, 0.1) is 11.7 Å². The minimum Gasteiger partial charge on any atom is -0.335 e. The summed E-state index contributed by atoms with van der Waals surface area (Å²) < 4.78 is 15.1. The number of amides is 2. The maximum absolute atomic E-state index is 13.2. The van der Waals surface area contributed by atoms with Crippen molar-refractivity contribution in [1.82, 2.24) is 25.4 Å². The van der Waals surface area contributed by atoms with Gasteiger partial charge in [0.15, 0.2) is 0 Å². The second-order valence-corrected chi connectivity index (χ2v) is 6.86. The molecule has 0 saturated carbocycles. The van der Waals surface area contributed by atoms with Gasteiger partial charge in [0.25, 0.3) is 5.56 Å². The topological polar surface area (TPSA) is 91.8 Å². The van der Waals surface area contributed by atoms with E-state index in [2.05, 4.69) is 20.7 Å². The Bertz CT molecular complexity index is 1070. The summed E-state index contributed by atoms with van der Waals surface area (Å²) in [6, 6.07) is 5.58. The smallest absolute Gasteiger partial charge is 0.315 e. The molecule has 1 aromatic carbocycles. The summed E-state index contributed by atoms with van der Waals surface area (Å²) in [7, 11) is 1.90. The molecule has 3 aromatic rings. The number of pyridine rings is 1. The van der Waals surface area contributed by atoms with E-state index >= 15 is 0 Å². The van der Waals surface area contributed by atoms with Crippen LogP contribution in [0.4, 0.5) is 9.18 Å². The average molecular weight is 369 g/mol. The van der Waals surface area contributed by atoms with Crippen molar-refractivity contribution in [1.29, 1.82) is 0 Å². The molecular weight excluding hydrogens is 349 g/mol. The number of benzene rings is 1. The van der Waals surface area contributed by atoms with Gasteiger partial charge in [-0.15, -0.1) is 0 Å². The lowest BCUT2D eigenvalue weighted by Gasteiger charge is -2.24. The molecule has 0 fully saturated rings.